The van der Waals surface area contributed by atoms with Crippen LogP contribution < -0.4 is 4.74 Å². The van der Waals surface area contributed by atoms with E-state index in [1.165, 1.54) is 11.8 Å². The van der Waals surface area contributed by atoms with E-state index in [0.717, 1.165) is 15.8 Å². The van der Waals surface area contributed by atoms with E-state index in [-0.39, 0.29) is 0 Å². The smallest absolute Gasteiger partial charge is 0.128 e. The molecule has 1 aromatic carbocycles. The van der Waals surface area contributed by atoms with Gasteiger partial charge in [0, 0.05) is 10.0 Å². The molecular weight excluding hydrogens is 250 g/mol. The van der Waals surface area contributed by atoms with Crippen LogP contribution in [0.5, 0.6) is 5.75 Å². The van der Waals surface area contributed by atoms with Gasteiger partial charge in [0.2, 0.25) is 0 Å². The first kappa shape index (κ1) is 10.6. The Morgan fingerprint density at radius 2 is 2.23 bits per heavy atom. The summed E-state index contributed by atoms with van der Waals surface area (Å²) in [4.78, 5) is 0. The Bertz CT molecular complexity index is 327. The van der Waals surface area contributed by atoms with Crippen LogP contribution in [0.1, 0.15) is 5.56 Å². The van der Waals surface area contributed by atoms with Crippen molar-refractivity contribution >= 4 is 32.7 Å². The van der Waals surface area contributed by atoms with Gasteiger partial charge in [0.05, 0.1) is 12.2 Å². The van der Waals surface area contributed by atoms with E-state index in [0.29, 0.717) is 5.04 Å². The van der Waals surface area contributed by atoms with Crippen molar-refractivity contribution < 1.29 is 4.74 Å². The normalized spacial score (nSPS) is 9.77. The molecule has 1 rings (SSSR count). The van der Waals surface area contributed by atoms with E-state index in [1.54, 1.807) is 7.11 Å². The molecule has 0 radical (unpaired) electrons. The van der Waals surface area contributed by atoms with Crippen LogP contribution in [-0.4, -0.2) is 18.4 Å². The van der Waals surface area contributed by atoms with Crippen LogP contribution in [0.2, 0.25) is 0 Å². The lowest BCUT2D eigenvalue weighted by atomic mass is 10.2. The zero-order chi connectivity index (χ0) is 9.84. The fourth-order valence-electron chi connectivity index (χ4n) is 0.968. The number of thioether (sulfide) groups is 1. The summed E-state index contributed by atoms with van der Waals surface area (Å²) in [5.74, 6) is 0.738. The second kappa shape index (κ2) is 4.67. The number of methoxy groups -OCH3 is 1. The topological polar surface area (TPSA) is 33.1 Å². The predicted molar refractivity (Wildman–Crippen MR) is 61.0 cm³/mol. The second-order valence-electron chi connectivity index (χ2n) is 2.38. The Morgan fingerprint density at radius 3 is 2.77 bits per heavy atom. The van der Waals surface area contributed by atoms with Crippen molar-refractivity contribution in [2.75, 3.05) is 13.4 Å². The summed E-state index contributed by atoms with van der Waals surface area (Å²) >= 11 is 4.76. The number of benzene rings is 1. The zero-order valence-electron chi connectivity index (χ0n) is 7.43. The molecule has 0 saturated heterocycles. The molecule has 0 fully saturated rings. The molecule has 0 heterocycles. The first-order valence-corrected chi connectivity index (χ1v) is 5.67. The molecule has 0 spiro atoms. The summed E-state index contributed by atoms with van der Waals surface area (Å²) in [7, 11) is 1.61. The molecular formula is C9H10BrNOS. The molecule has 0 atom stereocenters. The van der Waals surface area contributed by atoms with Gasteiger partial charge >= 0.3 is 0 Å². The molecule has 0 aliphatic heterocycles. The zero-order valence-corrected chi connectivity index (χ0v) is 9.83. The fraction of sp³-hybridized carbons (Fsp3) is 0.222. The average Bonchev–Trinajstić information content (AvgIpc) is 2.16. The molecule has 70 valence electrons. The Balaban J connectivity index is 3.15. The first-order valence-electron chi connectivity index (χ1n) is 3.65. The van der Waals surface area contributed by atoms with E-state index < -0.39 is 0 Å². The van der Waals surface area contributed by atoms with Gasteiger partial charge in [-0.1, -0.05) is 15.9 Å². The molecule has 0 aliphatic carbocycles. The highest BCUT2D eigenvalue weighted by Crippen LogP contribution is 2.25. The van der Waals surface area contributed by atoms with E-state index in [2.05, 4.69) is 15.9 Å². The van der Waals surface area contributed by atoms with Crippen LogP contribution >= 0.6 is 27.7 Å². The third kappa shape index (κ3) is 2.48. The van der Waals surface area contributed by atoms with Crippen LogP contribution in [0.3, 0.4) is 0 Å². The molecule has 4 heteroatoms. The van der Waals surface area contributed by atoms with Gasteiger partial charge in [0.25, 0.3) is 0 Å². The fourth-order valence-corrected chi connectivity index (χ4v) is 1.71. The molecule has 2 nitrogen and oxygen atoms in total. The summed E-state index contributed by atoms with van der Waals surface area (Å²) < 4.78 is 6.11. The van der Waals surface area contributed by atoms with Gasteiger partial charge in [0.15, 0.2) is 0 Å². The summed E-state index contributed by atoms with van der Waals surface area (Å²) in [5, 5.41) is 8.19. The van der Waals surface area contributed by atoms with E-state index in [9.17, 15) is 0 Å². The van der Waals surface area contributed by atoms with Gasteiger partial charge in [-0.25, -0.2) is 0 Å². The Hall–Kier alpha value is -0.480. The molecule has 13 heavy (non-hydrogen) atoms. The number of nitrogens with one attached hydrogen (secondary N) is 1. The Kier molecular flexibility index (Phi) is 3.81. The molecule has 0 aliphatic rings. The maximum atomic E-state index is 7.68. The highest BCUT2D eigenvalue weighted by atomic mass is 79.9. The van der Waals surface area contributed by atoms with Crippen molar-refractivity contribution in [1.82, 2.24) is 0 Å². The van der Waals surface area contributed by atoms with Gasteiger partial charge in [-0.3, -0.25) is 5.41 Å². The van der Waals surface area contributed by atoms with Crippen molar-refractivity contribution in [3.05, 3.63) is 28.2 Å². The average molecular weight is 260 g/mol. The number of hydrogen-bond acceptors (Lipinski definition) is 3. The first-order chi connectivity index (χ1) is 6.19. The lowest BCUT2D eigenvalue weighted by molar-refractivity contribution is 0.414. The van der Waals surface area contributed by atoms with E-state index in [4.69, 9.17) is 10.1 Å². The van der Waals surface area contributed by atoms with E-state index in [1.807, 2.05) is 24.5 Å². The summed E-state index contributed by atoms with van der Waals surface area (Å²) in [6.45, 7) is 0. The highest BCUT2D eigenvalue weighted by molar-refractivity contribution is 9.10. The SMILES string of the molecule is COc1ccc(Br)cc1C(=N)SC. The van der Waals surface area contributed by atoms with Crippen LogP contribution in [0, 0.1) is 5.41 Å². The van der Waals surface area contributed by atoms with Crippen LogP contribution in [0.4, 0.5) is 0 Å². The molecule has 0 saturated carbocycles. The van der Waals surface area contributed by atoms with Crippen molar-refractivity contribution in [2.24, 2.45) is 0 Å². The van der Waals surface area contributed by atoms with Crippen molar-refractivity contribution in [3.8, 4) is 5.75 Å². The molecule has 0 unspecified atom stereocenters. The van der Waals surface area contributed by atoms with Gasteiger partial charge in [-0.05, 0) is 24.5 Å². The highest BCUT2D eigenvalue weighted by Gasteiger charge is 2.07. The standard InChI is InChI=1S/C9H10BrNOS/c1-12-8-4-3-6(10)5-7(8)9(11)13-2/h3-5,11H,1-2H3. The maximum Gasteiger partial charge on any atom is 0.128 e. The number of ether oxygens (including phenoxy) is 1. The molecule has 0 bridgehead atoms. The molecule has 1 aromatic rings. The third-order valence-electron chi connectivity index (χ3n) is 1.61. The summed E-state index contributed by atoms with van der Waals surface area (Å²) in [6, 6.07) is 5.64. The molecule has 0 aromatic heterocycles. The maximum absolute atomic E-state index is 7.68. The van der Waals surface area contributed by atoms with E-state index >= 15 is 0 Å². The number of rotatable bonds is 2. The lowest BCUT2D eigenvalue weighted by Crippen LogP contribution is -1.97. The minimum atomic E-state index is 0.512. The van der Waals surface area contributed by atoms with Gasteiger partial charge in [-0.15, -0.1) is 11.8 Å². The second-order valence-corrected chi connectivity index (χ2v) is 4.11. The van der Waals surface area contributed by atoms with Gasteiger partial charge in [0.1, 0.15) is 5.75 Å². The van der Waals surface area contributed by atoms with Gasteiger partial charge in [-0.2, -0.15) is 0 Å². The largest absolute Gasteiger partial charge is 0.496 e. The van der Waals surface area contributed by atoms with Crippen LogP contribution in [-0.2, 0) is 0 Å². The Morgan fingerprint density at radius 1 is 1.54 bits per heavy atom. The predicted octanol–water partition coefficient (Wildman–Crippen LogP) is 3.15. The minimum absolute atomic E-state index is 0.512. The summed E-state index contributed by atoms with van der Waals surface area (Å²) in [6.07, 6.45) is 1.88. The Labute approximate surface area is 90.3 Å². The van der Waals surface area contributed by atoms with Crippen molar-refractivity contribution in [3.63, 3.8) is 0 Å². The quantitative estimate of drug-likeness (QED) is 0.654. The van der Waals surface area contributed by atoms with Crippen molar-refractivity contribution in [2.45, 2.75) is 0 Å². The minimum Gasteiger partial charge on any atom is -0.496 e. The van der Waals surface area contributed by atoms with Crippen LogP contribution in [0.25, 0.3) is 0 Å². The number of halogens is 1. The molecule has 0 amide bonds. The number of hydrogen-bond donors (Lipinski definition) is 1. The monoisotopic (exact) mass is 259 g/mol. The third-order valence-corrected chi connectivity index (χ3v) is 2.73. The van der Waals surface area contributed by atoms with Crippen LogP contribution in [0.15, 0.2) is 22.7 Å². The van der Waals surface area contributed by atoms with Crippen molar-refractivity contribution in [1.29, 1.82) is 5.41 Å². The lowest BCUT2D eigenvalue weighted by Gasteiger charge is -2.07. The summed E-state index contributed by atoms with van der Waals surface area (Å²) in [5.41, 5.74) is 0.823. The molecule has 1 N–H and O–H groups in total. The van der Waals surface area contributed by atoms with Gasteiger partial charge < -0.3 is 4.74 Å².